The average Bonchev–Trinajstić information content (AvgIpc) is 2.40. The first-order chi connectivity index (χ1) is 9.46. The van der Waals surface area contributed by atoms with Gasteiger partial charge in [-0.1, -0.05) is 24.3 Å². The van der Waals surface area contributed by atoms with E-state index in [0.29, 0.717) is 6.61 Å². The Morgan fingerprint density at radius 3 is 2.33 bits per heavy atom. The molecule has 0 amide bonds. The third-order valence-electron chi connectivity index (χ3n) is 2.74. The van der Waals surface area contributed by atoms with Crippen molar-refractivity contribution >= 4 is 29.9 Å². The van der Waals surface area contributed by atoms with Gasteiger partial charge >= 0.3 is 0 Å². The molecule has 5 heteroatoms. The van der Waals surface area contributed by atoms with E-state index in [-0.39, 0.29) is 29.5 Å². The number of aliphatic imine (C=N–C) groups is 1. The van der Waals surface area contributed by atoms with E-state index in [2.05, 4.69) is 48.5 Å². The molecule has 1 aromatic rings. The molecule has 0 radical (unpaired) electrons. The number of rotatable bonds is 5. The van der Waals surface area contributed by atoms with Gasteiger partial charge in [-0.15, -0.1) is 24.0 Å². The predicted molar refractivity (Wildman–Crippen MR) is 100 cm³/mol. The van der Waals surface area contributed by atoms with Crippen molar-refractivity contribution in [1.82, 2.24) is 10.6 Å². The molecule has 21 heavy (non-hydrogen) atoms. The van der Waals surface area contributed by atoms with E-state index in [0.717, 1.165) is 19.1 Å². The molecule has 0 fully saturated rings. The lowest BCUT2D eigenvalue weighted by Crippen LogP contribution is -2.47. The summed E-state index contributed by atoms with van der Waals surface area (Å²) in [5, 5.41) is 6.69. The van der Waals surface area contributed by atoms with Crippen LogP contribution in [0, 0.1) is 0 Å². The Balaban J connectivity index is 0.00000400. The third kappa shape index (κ3) is 8.26. The number of hydrogen-bond donors (Lipinski definition) is 2. The van der Waals surface area contributed by atoms with Crippen LogP contribution in [0.3, 0.4) is 0 Å². The maximum atomic E-state index is 5.50. The molecular formula is C16H28IN3O. The molecule has 0 spiro atoms. The summed E-state index contributed by atoms with van der Waals surface area (Å²) in [6.45, 7) is 10.5. The first-order valence-corrected chi connectivity index (χ1v) is 7.09. The van der Waals surface area contributed by atoms with Crippen molar-refractivity contribution in [2.45, 2.75) is 46.4 Å². The molecule has 4 nitrogen and oxygen atoms in total. The van der Waals surface area contributed by atoms with Gasteiger partial charge in [0.2, 0.25) is 0 Å². The highest BCUT2D eigenvalue weighted by Crippen LogP contribution is 2.10. The van der Waals surface area contributed by atoms with Crippen LogP contribution < -0.4 is 10.6 Å². The fourth-order valence-corrected chi connectivity index (χ4v) is 1.80. The first-order valence-electron chi connectivity index (χ1n) is 7.09. The van der Waals surface area contributed by atoms with Gasteiger partial charge in [-0.25, -0.2) is 0 Å². The molecule has 0 saturated carbocycles. The van der Waals surface area contributed by atoms with Crippen molar-refractivity contribution in [3.63, 3.8) is 0 Å². The highest BCUT2D eigenvalue weighted by molar-refractivity contribution is 14.0. The Morgan fingerprint density at radius 2 is 1.81 bits per heavy atom. The summed E-state index contributed by atoms with van der Waals surface area (Å²) in [6, 6.07) is 8.31. The van der Waals surface area contributed by atoms with Crippen LogP contribution in [0.25, 0.3) is 0 Å². The van der Waals surface area contributed by atoms with Crippen LogP contribution in [0.15, 0.2) is 29.3 Å². The topological polar surface area (TPSA) is 45.6 Å². The monoisotopic (exact) mass is 405 g/mol. The smallest absolute Gasteiger partial charge is 0.191 e. The molecular weight excluding hydrogens is 377 g/mol. The molecule has 1 rings (SSSR count). The molecule has 0 aliphatic carbocycles. The Kier molecular flexibility index (Phi) is 9.61. The largest absolute Gasteiger partial charge is 0.377 e. The SMILES string of the molecule is CCOCc1ccccc1CNC(=NC)NC(C)(C)C.I. The number of benzene rings is 1. The third-order valence-corrected chi connectivity index (χ3v) is 2.74. The van der Waals surface area contributed by atoms with E-state index < -0.39 is 0 Å². The summed E-state index contributed by atoms with van der Waals surface area (Å²) in [4.78, 5) is 4.24. The van der Waals surface area contributed by atoms with E-state index >= 15 is 0 Å². The highest BCUT2D eigenvalue weighted by Gasteiger charge is 2.12. The lowest BCUT2D eigenvalue weighted by molar-refractivity contribution is 0.133. The second-order valence-electron chi connectivity index (χ2n) is 5.71. The summed E-state index contributed by atoms with van der Waals surface area (Å²) in [5.74, 6) is 0.809. The Hall–Kier alpha value is -0.820. The number of guanidine groups is 1. The van der Waals surface area contributed by atoms with Crippen molar-refractivity contribution in [3.8, 4) is 0 Å². The maximum absolute atomic E-state index is 5.50. The Labute approximate surface area is 145 Å². The molecule has 120 valence electrons. The van der Waals surface area contributed by atoms with Crippen LogP contribution >= 0.6 is 24.0 Å². The van der Waals surface area contributed by atoms with Crippen LogP contribution in [-0.4, -0.2) is 25.2 Å². The fourth-order valence-electron chi connectivity index (χ4n) is 1.80. The average molecular weight is 405 g/mol. The minimum absolute atomic E-state index is 0. The van der Waals surface area contributed by atoms with Crippen LogP contribution in [0.5, 0.6) is 0 Å². The van der Waals surface area contributed by atoms with Crippen LogP contribution in [0.1, 0.15) is 38.8 Å². The number of hydrogen-bond acceptors (Lipinski definition) is 2. The number of nitrogens with zero attached hydrogens (tertiary/aromatic N) is 1. The summed E-state index contributed by atoms with van der Waals surface area (Å²) >= 11 is 0. The van der Waals surface area contributed by atoms with Gasteiger partial charge in [-0.3, -0.25) is 4.99 Å². The molecule has 0 atom stereocenters. The summed E-state index contributed by atoms with van der Waals surface area (Å²) in [7, 11) is 1.78. The quantitative estimate of drug-likeness (QED) is 0.449. The first kappa shape index (κ1) is 20.2. The summed E-state index contributed by atoms with van der Waals surface area (Å²) in [6.07, 6.45) is 0. The molecule has 1 aromatic carbocycles. The lowest BCUT2D eigenvalue weighted by Gasteiger charge is -2.24. The normalized spacial score (nSPS) is 11.8. The van der Waals surface area contributed by atoms with E-state index in [9.17, 15) is 0 Å². The predicted octanol–water partition coefficient (Wildman–Crippen LogP) is 3.30. The molecule has 0 bridgehead atoms. The van der Waals surface area contributed by atoms with E-state index in [1.807, 2.05) is 19.1 Å². The van der Waals surface area contributed by atoms with Gasteiger partial charge in [-0.05, 0) is 38.8 Å². The zero-order chi connectivity index (χ0) is 15.0. The minimum atomic E-state index is -0.00726. The number of nitrogens with one attached hydrogen (secondary N) is 2. The van der Waals surface area contributed by atoms with Gasteiger partial charge in [-0.2, -0.15) is 0 Å². The molecule has 0 unspecified atom stereocenters. The standard InChI is InChI=1S/C16H27N3O.HI/c1-6-20-12-14-10-8-7-9-13(14)11-18-15(17-5)19-16(2,3)4;/h7-10H,6,11-12H2,1-5H3,(H2,17,18,19);1H. The van der Waals surface area contributed by atoms with Gasteiger partial charge in [0.1, 0.15) is 0 Å². The van der Waals surface area contributed by atoms with Crippen molar-refractivity contribution < 1.29 is 4.74 Å². The molecule has 0 saturated heterocycles. The zero-order valence-corrected chi connectivity index (χ0v) is 16.0. The Bertz CT molecular complexity index is 441. The maximum Gasteiger partial charge on any atom is 0.191 e. The van der Waals surface area contributed by atoms with Gasteiger partial charge in [0, 0.05) is 25.7 Å². The second kappa shape index (κ2) is 10.00. The van der Waals surface area contributed by atoms with Crippen LogP contribution in [0.2, 0.25) is 0 Å². The van der Waals surface area contributed by atoms with Crippen molar-refractivity contribution in [1.29, 1.82) is 0 Å². The Morgan fingerprint density at radius 1 is 1.19 bits per heavy atom. The molecule has 0 heterocycles. The zero-order valence-electron chi connectivity index (χ0n) is 13.7. The molecule has 2 N–H and O–H groups in total. The van der Waals surface area contributed by atoms with Crippen LogP contribution in [0.4, 0.5) is 0 Å². The van der Waals surface area contributed by atoms with Crippen molar-refractivity contribution in [3.05, 3.63) is 35.4 Å². The number of ether oxygens (including phenoxy) is 1. The van der Waals surface area contributed by atoms with E-state index in [1.165, 1.54) is 11.1 Å². The van der Waals surface area contributed by atoms with Gasteiger partial charge in [0.25, 0.3) is 0 Å². The van der Waals surface area contributed by atoms with Crippen molar-refractivity contribution in [2.75, 3.05) is 13.7 Å². The summed E-state index contributed by atoms with van der Waals surface area (Å²) < 4.78 is 5.50. The highest BCUT2D eigenvalue weighted by atomic mass is 127. The minimum Gasteiger partial charge on any atom is -0.377 e. The summed E-state index contributed by atoms with van der Waals surface area (Å²) in [5.41, 5.74) is 2.44. The van der Waals surface area contributed by atoms with Gasteiger partial charge < -0.3 is 15.4 Å². The lowest BCUT2D eigenvalue weighted by atomic mass is 10.1. The second-order valence-corrected chi connectivity index (χ2v) is 5.71. The van der Waals surface area contributed by atoms with Crippen molar-refractivity contribution in [2.24, 2.45) is 4.99 Å². The van der Waals surface area contributed by atoms with E-state index in [1.54, 1.807) is 7.05 Å². The van der Waals surface area contributed by atoms with E-state index in [4.69, 9.17) is 4.74 Å². The van der Waals surface area contributed by atoms with Crippen LogP contribution in [-0.2, 0) is 17.9 Å². The molecule has 0 aliphatic rings. The fraction of sp³-hybridized carbons (Fsp3) is 0.562. The van der Waals surface area contributed by atoms with Gasteiger partial charge in [0.05, 0.1) is 6.61 Å². The number of halogens is 1. The molecule has 0 aromatic heterocycles. The molecule has 0 aliphatic heterocycles. The van der Waals surface area contributed by atoms with Gasteiger partial charge in [0.15, 0.2) is 5.96 Å².